The van der Waals surface area contributed by atoms with Gasteiger partial charge < -0.3 is 5.73 Å². The molecule has 1 aliphatic carbocycles. The lowest BCUT2D eigenvalue weighted by Gasteiger charge is -2.21. The Bertz CT molecular complexity index is 567. The van der Waals surface area contributed by atoms with E-state index in [1.807, 2.05) is 0 Å². The first-order valence-corrected chi connectivity index (χ1v) is 9.02. The van der Waals surface area contributed by atoms with Crippen molar-refractivity contribution in [2.75, 3.05) is 0 Å². The van der Waals surface area contributed by atoms with Crippen LogP contribution >= 0.6 is 0 Å². The van der Waals surface area contributed by atoms with Crippen LogP contribution in [0, 0.1) is 5.82 Å². The number of benzene rings is 1. The van der Waals surface area contributed by atoms with E-state index < -0.39 is 15.8 Å². The molecular formula is C15H23FN2O2S. The van der Waals surface area contributed by atoms with Crippen LogP contribution in [0.5, 0.6) is 0 Å². The summed E-state index contributed by atoms with van der Waals surface area (Å²) in [7, 11) is -3.61. The number of nitrogens with one attached hydrogen (secondary N) is 1. The minimum Gasteiger partial charge on any atom is -0.326 e. The Morgan fingerprint density at radius 3 is 2.38 bits per heavy atom. The van der Waals surface area contributed by atoms with Crippen molar-refractivity contribution in [1.82, 2.24) is 4.72 Å². The Hall–Kier alpha value is -0.980. The molecule has 0 aliphatic heterocycles. The van der Waals surface area contributed by atoms with Crippen molar-refractivity contribution in [3.05, 3.63) is 29.6 Å². The van der Waals surface area contributed by atoms with Crippen molar-refractivity contribution in [2.24, 2.45) is 5.73 Å². The van der Waals surface area contributed by atoms with Gasteiger partial charge in [-0.15, -0.1) is 0 Å². The lowest BCUT2D eigenvalue weighted by Crippen LogP contribution is -2.35. The van der Waals surface area contributed by atoms with E-state index in [0.717, 1.165) is 44.6 Å². The summed E-state index contributed by atoms with van der Waals surface area (Å²) in [5.41, 5.74) is 5.65. The van der Waals surface area contributed by atoms with Gasteiger partial charge in [0.2, 0.25) is 10.0 Å². The molecule has 0 radical (unpaired) electrons. The normalized spacial score (nSPS) is 18.2. The first kappa shape index (κ1) is 16.4. The second-order valence-electron chi connectivity index (χ2n) is 5.62. The number of sulfonamides is 1. The maximum atomic E-state index is 13.4. The van der Waals surface area contributed by atoms with Crippen molar-refractivity contribution in [1.29, 1.82) is 0 Å². The monoisotopic (exact) mass is 314 g/mol. The van der Waals surface area contributed by atoms with Crippen molar-refractivity contribution in [3.63, 3.8) is 0 Å². The van der Waals surface area contributed by atoms with Crippen LogP contribution in [0.15, 0.2) is 23.1 Å². The van der Waals surface area contributed by atoms with Gasteiger partial charge in [-0.25, -0.2) is 17.5 Å². The lowest BCUT2D eigenvalue weighted by atomic mass is 9.97. The van der Waals surface area contributed by atoms with E-state index in [1.54, 1.807) is 0 Å². The summed E-state index contributed by atoms with van der Waals surface area (Å²) in [6.07, 6.45) is 7.37. The molecule has 0 amide bonds. The number of hydrogen-bond donors (Lipinski definition) is 2. The second-order valence-corrected chi connectivity index (χ2v) is 7.33. The molecule has 1 aromatic rings. The van der Waals surface area contributed by atoms with Gasteiger partial charge in [0.1, 0.15) is 5.82 Å². The Balaban J connectivity index is 2.13. The summed E-state index contributed by atoms with van der Waals surface area (Å²) < 4.78 is 41.0. The molecule has 1 aliphatic rings. The molecule has 0 bridgehead atoms. The summed E-state index contributed by atoms with van der Waals surface area (Å²) in [4.78, 5) is 0.0893. The van der Waals surface area contributed by atoms with Crippen LogP contribution < -0.4 is 10.5 Å². The number of nitrogens with two attached hydrogens (primary N) is 1. The van der Waals surface area contributed by atoms with E-state index in [4.69, 9.17) is 5.73 Å². The van der Waals surface area contributed by atoms with Gasteiger partial charge in [0.15, 0.2) is 0 Å². The van der Waals surface area contributed by atoms with Gasteiger partial charge >= 0.3 is 0 Å². The minimum atomic E-state index is -3.61. The molecule has 0 atom stereocenters. The van der Waals surface area contributed by atoms with Gasteiger partial charge in [0.25, 0.3) is 0 Å². The fraction of sp³-hybridized carbons (Fsp3) is 0.600. The van der Waals surface area contributed by atoms with Gasteiger partial charge in [-0.2, -0.15) is 0 Å². The Morgan fingerprint density at radius 2 is 1.76 bits per heavy atom. The standard InChI is InChI=1S/C15H23FN2O2S/c16-15-9-8-14(10-12(15)11-17)21(19,20)18-13-6-4-2-1-3-5-7-13/h8-10,13,18H,1-7,11,17H2. The average molecular weight is 314 g/mol. The fourth-order valence-electron chi connectivity index (χ4n) is 2.74. The van der Waals surface area contributed by atoms with Crippen LogP contribution in [0.3, 0.4) is 0 Å². The van der Waals surface area contributed by atoms with E-state index in [0.29, 0.717) is 0 Å². The van der Waals surface area contributed by atoms with Gasteiger partial charge in [-0.3, -0.25) is 0 Å². The van der Waals surface area contributed by atoms with Crippen LogP contribution in [-0.2, 0) is 16.6 Å². The summed E-state index contributed by atoms with van der Waals surface area (Å²) in [5, 5.41) is 0. The Kier molecular flexibility index (Phi) is 5.72. The molecule has 2 rings (SSSR count). The van der Waals surface area contributed by atoms with Crippen molar-refractivity contribution in [2.45, 2.75) is 62.4 Å². The molecule has 1 aromatic carbocycles. The third-order valence-electron chi connectivity index (χ3n) is 3.97. The minimum absolute atomic E-state index is 0.0153. The first-order chi connectivity index (χ1) is 10.0. The Morgan fingerprint density at radius 1 is 1.14 bits per heavy atom. The highest BCUT2D eigenvalue weighted by atomic mass is 32.2. The zero-order valence-electron chi connectivity index (χ0n) is 12.1. The topological polar surface area (TPSA) is 72.2 Å². The van der Waals surface area contributed by atoms with Crippen LogP contribution in [0.25, 0.3) is 0 Å². The molecule has 1 saturated carbocycles. The van der Waals surface area contributed by atoms with Crippen LogP contribution in [0.2, 0.25) is 0 Å². The van der Waals surface area contributed by atoms with Gasteiger partial charge in [-0.1, -0.05) is 32.1 Å². The SMILES string of the molecule is NCc1cc(S(=O)(=O)NC2CCCCCCC2)ccc1F. The lowest BCUT2D eigenvalue weighted by molar-refractivity contribution is 0.426. The maximum absolute atomic E-state index is 13.4. The summed E-state index contributed by atoms with van der Waals surface area (Å²) in [6.45, 7) is -0.0153. The van der Waals surface area contributed by atoms with Crippen molar-refractivity contribution < 1.29 is 12.8 Å². The zero-order valence-corrected chi connectivity index (χ0v) is 13.0. The second kappa shape index (κ2) is 7.33. The largest absolute Gasteiger partial charge is 0.326 e. The highest BCUT2D eigenvalue weighted by Gasteiger charge is 2.21. The molecule has 21 heavy (non-hydrogen) atoms. The molecular weight excluding hydrogens is 291 g/mol. The zero-order chi connectivity index (χ0) is 15.3. The number of halogens is 1. The van der Waals surface area contributed by atoms with E-state index in [2.05, 4.69) is 4.72 Å². The van der Waals surface area contributed by atoms with Crippen LogP contribution in [0.4, 0.5) is 4.39 Å². The maximum Gasteiger partial charge on any atom is 0.240 e. The quantitative estimate of drug-likeness (QED) is 0.897. The van der Waals surface area contributed by atoms with Gasteiger partial charge in [0.05, 0.1) is 4.90 Å². The Labute approximate surface area is 126 Å². The molecule has 0 aromatic heterocycles. The third kappa shape index (κ3) is 4.49. The molecule has 0 unspecified atom stereocenters. The molecule has 0 heterocycles. The van der Waals surface area contributed by atoms with Crippen molar-refractivity contribution in [3.8, 4) is 0 Å². The fourth-order valence-corrected chi connectivity index (χ4v) is 4.09. The van der Waals surface area contributed by atoms with E-state index in [9.17, 15) is 12.8 Å². The molecule has 0 saturated heterocycles. The van der Waals surface area contributed by atoms with Crippen LogP contribution in [0.1, 0.15) is 50.5 Å². The van der Waals surface area contributed by atoms with E-state index >= 15 is 0 Å². The summed E-state index contributed by atoms with van der Waals surface area (Å²) >= 11 is 0. The third-order valence-corrected chi connectivity index (χ3v) is 5.49. The highest BCUT2D eigenvalue weighted by Crippen LogP contribution is 2.20. The van der Waals surface area contributed by atoms with E-state index in [1.165, 1.54) is 18.6 Å². The molecule has 118 valence electrons. The summed E-state index contributed by atoms with van der Waals surface area (Å²) in [6, 6.07) is 3.75. The van der Waals surface area contributed by atoms with Crippen molar-refractivity contribution >= 4 is 10.0 Å². The highest BCUT2D eigenvalue weighted by molar-refractivity contribution is 7.89. The van der Waals surface area contributed by atoms with E-state index in [-0.39, 0.29) is 23.0 Å². The molecule has 0 spiro atoms. The predicted octanol–water partition coefficient (Wildman–Crippen LogP) is 2.68. The van der Waals surface area contributed by atoms with Crippen LogP contribution in [-0.4, -0.2) is 14.5 Å². The first-order valence-electron chi connectivity index (χ1n) is 7.54. The molecule has 6 heteroatoms. The average Bonchev–Trinajstić information content (AvgIpc) is 2.42. The number of hydrogen-bond acceptors (Lipinski definition) is 3. The molecule has 3 N–H and O–H groups in total. The molecule has 1 fully saturated rings. The summed E-state index contributed by atoms with van der Waals surface area (Å²) in [5.74, 6) is -0.470. The number of rotatable bonds is 4. The molecule has 4 nitrogen and oxygen atoms in total. The van der Waals surface area contributed by atoms with Gasteiger partial charge in [-0.05, 0) is 31.0 Å². The smallest absolute Gasteiger partial charge is 0.240 e. The predicted molar refractivity (Wildman–Crippen MR) is 80.7 cm³/mol. The van der Waals surface area contributed by atoms with Gasteiger partial charge in [0, 0.05) is 18.2 Å².